The Labute approximate surface area is 101 Å². The van der Waals surface area contributed by atoms with Crippen molar-refractivity contribution >= 4 is 17.7 Å². The lowest BCUT2D eigenvalue weighted by molar-refractivity contribution is -0.141. The van der Waals surface area contributed by atoms with Gasteiger partial charge >= 0.3 is 5.97 Å². The van der Waals surface area contributed by atoms with Crippen LogP contribution in [0.2, 0.25) is 0 Å². The molecule has 0 aromatic heterocycles. The van der Waals surface area contributed by atoms with Gasteiger partial charge in [0.05, 0.1) is 6.61 Å². The fraction of sp³-hybridized carbons (Fsp3) is 0.308. The Morgan fingerprint density at radius 1 is 1.56 bits per heavy atom. The second-order valence-corrected chi connectivity index (χ2v) is 4.48. The highest BCUT2D eigenvalue weighted by atomic mass is 32.2. The van der Waals surface area contributed by atoms with Crippen LogP contribution in [0.5, 0.6) is 0 Å². The molecule has 0 saturated carbocycles. The molecule has 0 saturated heterocycles. The molecule has 1 aromatic carbocycles. The number of carbonyl (C=O) groups excluding carboxylic acids is 1. The van der Waals surface area contributed by atoms with Gasteiger partial charge in [0.15, 0.2) is 0 Å². The third-order valence-corrected chi connectivity index (χ3v) is 3.43. The summed E-state index contributed by atoms with van der Waals surface area (Å²) in [7, 11) is 0. The van der Waals surface area contributed by atoms with Crippen molar-refractivity contribution < 1.29 is 9.53 Å². The standard InChI is InChI=1S/C13H16O2S/c1-4-11(13(14)15-5-2)16-12-9-7-6-8-10(12)3/h4,6-9,11H,1,5H2,2-3H3. The Morgan fingerprint density at radius 2 is 2.25 bits per heavy atom. The topological polar surface area (TPSA) is 26.3 Å². The number of rotatable bonds is 5. The molecular formula is C13H16O2S. The predicted molar refractivity (Wildman–Crippen MR) is 67.7 cm³/mol. The number of benzene rings is 1. The average Bonchev–Trinajstić information content (AvgIpc) is 2.28. The highest BCUT2D eigenvalue weighted by molar-refractivity contribution is 8.00. The van der Waals surface area contributed by atoms with Gasteiger partial charge in [0.25, 0.3) is 0 Å². The van der Waals surface area contributed by atoms with Crippen LogP contribution in [0.15, 0.2) is 41.8 Å². The maximum atomic E-state index is 11.6. The van der Waals surface area contributed by atoms with Gasteiger partial charge in [-0.1, -0.05) is 24.3 Å². The molecule has 3 heteroatoms. The quantitative estimate of drug-likeness (QED) is 0.446. The summed E-state index contributed by atoms with van der Waals surface area (Å²) in [5.74, 6) is -0.231. The van der Waals surface area contributed by atoms with Crippen LogP contribution in [0.3, 0.4) is 0 Å². The van der Waals surface area contributed by atoms with E-state index in [2.05, 4.69) is 6.58 Å². The van der Waals surface area contributed by atoms with Crippen molar-refractivity contribution in [3.8, 4) is 0 Å². The van der Waals surface area contributed by atoms with Crippen molar-refractivity contribution in [2.75, 3.05) is 6.61 Å². The first-order valence-corrected chi connectivity index (χ1v) is 6.08. The highest BCUT2D eigenvalue weighted by Gasteiger charge is 2.17. The van der Waals surface area contributed by atoms with Gasteiger partial charge in [-0.25, -0.2) is 0 Å². The minimum Gasteiger partial charge on any atom is -0.465 e. The van der Waals surface area contributed by atoms with E-state index in [9.17, 15) is 4.79 Å². The van der Waals surface area contributed by atoms with Crippen LogP contribution in [-0.4, -0.2) is 17.8 Å². The Bertz CT molecular complexity index is 374. The molecule has 0 aliphatic rings. The van der Waals surface area contributed by atoms with E-state index >= 15 is 0 Å². The minimum atomic E-state index is -0.332. The number of hydrogen-bond donors (Lipinski definition) is 0. The van der Waals surface area contributed by atoms with Gasteiger partial charge in [-0.3, -0.25) is 4.79 Å². The van der Waals surface area contributed by atoms with Gasteiger partial charge in [0, 0.05) is 4.90 Å². The van der Waals surface area contributed by atoms with Crippen LogP contribution < -0.4 is 0 Å². The predicted octanol–water partition coefficient (Wildman–Crippen LogP) is 3.20. The number of hydrogen-bond acceptors (Lipinski definition) is 3. The van der Waals surface area contributed by atoms with Crippen LogP contribution in [-0.2, 0) is 9.53 Å². The molecule has 86 valence electrons. The zero-order valence-corrected chi connectivity index (χ0v) is 10.4. The Kier molecular flexibility index (Phi) is 5.12. The lowest BCUT2D eigenvalue weighted by atomic mass is 10.2. The summed E-state index contributed by atoms with van der Waals surface area (Å²) in [6.07, 6.45) is 1.62. The molecule has 0 amide bonds. The van der Waals surface area contributed by atoms with E-state index in [4.69, 9.17) is 4.74 Å². The van der Waals surface area contributed by atoms with Gasteiger partial charge < -0.3 is 4.74 Å². The van der Waals surface area contributed by atoms with E-state index in [-0.39, 0.29) is 11.2 Å². The van der Waals surface area contributed by atoms with Gasteiger partial charge in [-0.2, -0.15) is 0 Å². The SMILES string of the molecule is C=CC(Sc1ccccc1C)C(=O)OCC. The number of carbonyl (C=O) groups is 1. The van der Waals surface area contributed by atoms with Crippen LogP contribution in [0.4, 0.5) is 0 Å². The van der Waals surface area contributed by atoms with Gasteiger partial charge in [0.1, 0.15) is 5.25 Å². The van der Waals surface area contributed by atoms with E-state index in [0.29, 0.717) is 6.61 Å². The lowest BCUT2D eigenvalue weighted by Crippen LogP contribution is -2.17. The molecule has 0 bridgehead atoms. The molecule has 0 N–H and O–H groups in total. The first kappa shape index (κ1) is 12.8. The third kappa shape index (κ3) is 3.42. The van der Waals surface area contributed by atoms with Crippen molar-refractivity contribution in [3.05, 3.63) is 42.5 Å². The molecule has 16 heavy (non-hydrogen) atoms. The number of esters is 1. The van der Waals surface area contributed by atoms with Gasteiger partial charge in [0.2, 0.25) is 0 Å². The largest absolute Gasteiger partial charge is 0.465 e. The molecule has 2 nitrogen and oxygen atoms in total. The Morgan fingerprint density at radius 3 is 2.81 bits per heavy atom. The smallest absolute Gasteiger partial charge is 0.323 e. The second kappa shape index (κ2) is 6.38. The molecule has 1 atom stereocenters. The third-order valence-electron chi connectivity index (χ3n) is 2.08. The van der Waals surface area contributed by atoms with Gasteiger partial charge in [-0.15, -0.1) is 18.3 Å². The summed E-state index contributed by atoms with van der Waals surface area (Å²) in [5, 5.41) is -0.332. The fourth-order valence-electron chi connectivity index (χ4n) is 1.24. The summed E-state index contributed by atoms with van der Waals surface area (Å²) in [6, 6.07) is 7.96. The molecule has 0 spiro atoms. The Hall–Kier alpha value is -1.22. The number of thioether (sulfide) groups is 1. The summed E-state index contributed by atoms with van der Waals surface area (Å²) in [6.45, 7) is 7.89. The van der Waals surface area contributed by atoms with Crippen molar-refractivity contribution in [2.45, 2.75) is 24.0 Å². The molecular weight excluding hydrogens is 220 g/mol. The molecule has 0 aliphatic heterocycles. The first-order chi connectivity index (χ1) is 7.69. The zero-order chi connectivity index (χ0) is 12.0. The molecule has 1 aromatic rings. The minimum absolute atomic E-state index is 0.231. The van der Waals surface area contributed by atoms with Gasteiger partial charge in [-0.05, 0) is 25.5 Å². The molecule has 0 fully saturated rings. The molecule has 0 aliphatic carbocycles. The average molecular weight is 236 g/mol. The van der Waals surface area contributed by atoms with Crippen LogP contribution in [0.1, 0.15) is 12.5 Å². The maximum absolute atomic E-state index is 11.6. The molecule has 1 unspecified atom stereocenters. The van der Waals surface area contributed by atoms with Crippen molar-refractivity contribution in [1.82, 2.24) is 0 Å². The number of ether oxygens (including phenoxy) is 1. The fourth-order valence-corrected chi connectivity index (χ4v) is 2.19. The van der Waals surface area contributed by atoms with E-state index in [1.54, 1.807) is 13.0 Å². The summed E-state index contributed by atoms with van der Waals surface area (Å²) in [4.78, 5) is 12.7. The molecule has 1 rings (SSSR count). The Balaban J connectivity index is 2.74. The lowest BCUT2D eigenvalue weighted by Gasteiger charge is -2.12. The summed E-state index contributed by atoms with van der Waals surface area (Å²) >= 11 is 1.47. The summed E-state index contributed by atoms with van der Waals surface area (Å²) < 4.78 is 4.98. The van der Waals surface area contributed by atoms with Crippen molar-refractivity contribution in [3.63, 3.8) is 0 Å². The van der Waals surface area contributed by atoms with E-state index in [0.717, 1.165) is 10.5 Å². The number of aryl methyl sites for hydroxylation is 1. The van der Waals surface area contributed by atoms with Crippen molar-refractivity contribution in [2.24, 2.45) is 0 Å². The first-order valence-electron chi connectivity index (χ1n) is 5.20. The van der Waals surface area contributed by atoms with Crippen LogP contribution in [0.25, 0.3) is 0 Å². The zero-order valence-electron chi connectivity index (χ0n) is 9.60. The van der Waals surface area contributed by atoms with Crippen LogP contribution >= 0.6 is 11.8 Å². The second-order valence-electron chi connectivity index (χ2n) is 3.29. The molecule has 0 radical (unpaired) electrons. The van der Waals surface area contributed by atoms with Crippen molar-refractivity contribution in [1.29, 1.82) is 0 Å². The maximum Gasteiger partial charge on any atom is 0.323 e. The summed E-state index contributed by atoms with van der Waals surface area (Å²) in [5.41, 5.74) is 1.16. The monoisotopic (exact) mass is 236 g/mol. The van der Waals surface area contributed by atoms with E-state index in [1.807, 2.05) is 31.2 Å². The molecule has 0 heterocycles. The van der Waals surface area contributed by atoms with Crippen LogP contribution in [0, 0.1) is 6.92 Å². The van der Waals surface area contributed by atoms with E-state index < -0.39 is 0 Å². The normalized spacial score (nSPS) is 11.9. The van der Waals surface area contributed by atoms with E-state index in [1.165, 1.54) is 11.8 Å². The highest BCUT2D eigenvalue weighted by Crippen LogP contribution is 2.27.